The number of anilines is 1. The molecule has 0 saturated carbocycles. The number of carbonyl (C=O) groups excluding carboxylic acids is 1. The summed E-state index contributed by atoms with van der Waals surface area (Å²) < 4.78 is 34.8. The standard InChI is InChI=1S/C29H33N3O4S/c1-3-36-28-11-7-6-10-26(28)30-16-18-31(19-17-30)29(33)27-20-23-8-4-5-9-24(23)21-32(27)37(34,35)25-14-12-22(2)13-15-25/h4-15,27H,3,16-21H2,1-2H3/t27-/m0/s1. The first-order chi connectivity index (χ1) is 17.9. The van der Waals surface area contributed by atoms with E-state index in [0.29, 0.717) is 39.2 Å². The molecule has 8 heteroatoms. The molecular formula is C29H33N3O4S. The van der Waals surface area contributed by atoms with E-state index in [0.717, 1.165) is 28.1 Å². The topological polar surface area (TPSA) is 70.2 Å². The first kappa shape index (κ1) is 25.3. The van der Waals surface area contributed by atoms with Gasteiger partial charge < -0.3 is 14.5 Å². The highest BCUT2D eigenvalue weighted by Gasteiger charge is 2.41. The number of rotatable bonds is 6. The lowest BCUT2D eigenvalue weighted by molar-refractivity contribution is -0.136. The van der Waals surface area contributed by atoms with Crippen molar-refractivity contribution in [3.05, 3.63) is 89.5 Å². The van der Waals surface area contributed by atoms with Gasteiger partial charge in [-0.3, -0.25) is 4.79 Å². The van der Waals surface area contributed by atoms with Crippen LogP contribution in [0.5, 0.6) is 5.75 Å². The van der Waals surface area contributed by atoms with Gasteiger partial charge in [-0.25, -0.2) is 8.42 Å². The van der Waals surface area contributed by atoms with Crippen LogP contribution in [0.2, 0.25) is 0 Å². The van der Waals surface area contributed by atoms with E-state index in [9.17, 15) is 13.2 Å². The van der Waals surface area contributed by atoms with Crippen molar-refractivity contribution in [2.45, 2.75) is 37.8 Å². The minimum Gasteiger partial charge on any atom is -0.492 e. The quantitative estimate of drug-likeness (QED) is 0.495. The Kier molecular flexibility index (Phi) is 7.22. The van der Waals surface area contributed by atoms with Crippen LogP contribution in [-0.2, 0) is 27.8 Å². The molecule has 2 aliphatic rings. The smallest absolute Gasteiger partial charge is 0.244 e. The molecule has 194 valence electrons. The molecule has 0 bridgehead atoms. The molecule has 1 amide bonds. The van der Waals surface area contributed by atoms with Gasteiger partial charge in [0.05, 0.1) is 17.2 Å². The Hall–Kier alpha value is -3.36. The zero-order chi connectivity index (χ0) is 26.0. The monoisotopic (exact) mass is 519 g/mol. The van der Waals surface area contributed by atoms with E-state index in [1.165, 1.54) is 4.31 Å². The maximum atomic E-state index is 13.9. The number of para-hydroxylation sites is 2. The molecule has 5 rings (SSSR count). The number of benzene rings is 3. The number of ether oxygens (including phenoxy) is 1. The van der Waals surface area contributed by atoms with Crippen LogP contribution >= 0.6 is 0 Å². The predicted molar refractivity (Wildman–Crippen MR) is 144 cm³/mol. The van der Waals surface area contributed by atoms with Crippen LogP contribution in [0.25, 0.3) is 0 Å². The van der Waals surface area contributed by atoms with Gasteiger partial charge in [-0.15, -0.1) is 0 Å². The highest BCUT2D eigenvalue weighted by Crippen LogP contribution is 2.32. The van der Waals surface area contributed by atoms with Crippen LogP contribution in [0.3, 0.4) is 0 Å². The number of aryl methyl sites for hydroxylation is 1. The summed E-state index contributed by atoms with van der Waals surface area (Å²) in [7, 11) is -3.86. The van der Waals surface area contributed by atoms with Gasteiger partial charge in [0, 0.05) is 32.7 Å². The van der Waals surface area contributed by atoms with Crippen LogP contribution in [0.4, 0.5) is 5.69 Å². The van der Waals surface area contributed by atoms with E-state index < -0.39 is 16.1 Å². The second-order valence-electron chi connectivity index (χ2n) is 9.57. The van der Waals surface area contributed by atoms with E-state index >= 15 is 0 Å². The second kappa shape index (κ2) is 10.6. The largest absolute Gasteiger partial charge is 0.492 e. The van der Waals surface area contributed by atoms with Crippen LogP contribution in [0.15, 0.2) is 77.7 Å². The zero-order valence-corrected chi connectivity index (χ0v) is 22.2. The van der Waals surface area contributed by atoms with Crippen LogP contribution < -0.4 is 9.64 Å². The lowest BCUT2D eigenvalue weighted by Gasteiger charge is -2.41. The third-order valence-electron chi connectivity index (χ3n) is 7.22. The van der Waals surface area contributed by atoms with Gasteiger partial charge in [-0.05, 0) is 55.7 Å². The number of hydrogen-bond donors (Lipinski definition) is 0. The third kappa shape index (κ3) is 5.08. The zero-order valence-electron chi connectivity index (χ0n) is 21.3. The fourth-order valence-electron chi connectivity index (χ4n) is 5.18. The summed E-state index contributed by atoms with van der Waals surface area (Å²) in [5, 5.41) is 0. The predicted octanol–water partition coefficient (Wildman–Crippen LogP) is 3.86. The Morgan fingerprint density at radius 3 is 2.24 bits per heavy atom. The maximum Gasteiger partial charge on any atom is 0.244 e. The third-order valence-corrected chi connectivity index (χ3v) is 9.08. The fourth-order valence-corrected chi connectivity index (χ4v) is 6.74. The summed E-state index contributed by atoms with van der Waals surface area (Å²) in [6, 6.07) is 21.8. The van der Waals surface area contributed by atoms with E-state index in [1.54, 1.807) is 24.3 Å². The van der Waals surface area contributed by atoms with Crippen molar-refractivity contribution in [1.29, 1.82) is 0 Å². The number of amides is 1. The first-order valence-electron chi connectivity index (χ1n) is 12.8. The maximum absolute atomic E-state index is 13.9. The molecule has 1 fully saturated rings. The molecule has 0 N–H and O–H groups in total. The summed E-state index contributed by atoms with van der Waals surface area (Å²) in [5.41, 5.74) is 3.98. The average Bonchev–Trinajstić information content (AvgIpc) is 2.93. The summed E-state index contributed by atoms with van der Waals surface area (Å²) in [6.07, 6.45) is 0.369. The molecule has 7 nitrogen and oxygen atoms in total. The van der Waals surface area contributed by atoms with Gasteiger partial charge in [0.15, 0.2) is 0 Å². The molecule has 2 heterocycles. The number of fused-ring (bicyclic) bond motifs is 1. The van der Waals surface area contributed by atoms with Crippen molar-refractivity contribution in [2.24, 2.45) is 0 Å². The Bertz CT molecular complexity index is 1370. The first-order valence-corrected chi connectivity index (χ1v) is 14.2. The Balaban J connectivity index is 1.38. The van der Waals surface area contributed by atoms with Crippen LogP contribution in [0, 0.1) is 6.92 Å². The van der Waals surface area contributed by atoms with Gasteiger partial charge in [-0.2, -0.15) is 4.31 Å². The molecule has 0 unspecified atom stereocenters. The van der Waals surface area contributed by atoms with E-state index in [-0.39, 0.29) is 17.3 Å². The molecular weight excluding hydrogens is 486 g/mol. The molecule has 0 aromatic heterocycles. The lowest BCUT2D eigenvalue weighted by Crippen LogP contribution is -2.57. The van der Waals surface area contributed by atoms with Gasteiger partial charge >= 0.3 is 0 Å². The summed E-state index contributed by atoms with van der Waals surface area (Å²) >= 11 is 0. The van der Waals surface area contributed by atoms with Gasteiger partial charge in [0.25, 0.3) is 0 Å². The summed E-state index contributed by atoms with van der Waals surface area (Å²) in [4.78, 5) is 18.2. The number of sulfonamides is 1. The normalized spacial score (nSPS) is 18.4. The molecule has 0 spiro atoms. The molecule has 0 radical (unpaired) electrons. The Morgan fingerprint density at radius 2 is 1.54 bits per heavy atom. The molecule has 1 atom stereocenters. The van der Waals surface area contributed by atoms with E-state index in [4.69, 9.17) is 4.74 Å². The SMILES string of the molecule is CCOc1ccccc1N1CCN(C(=O)[C@@H]2Cc3ccccc3CN2S(=O)(=O)c2ccc(C)cc2)CC1. The molecule has 3 aromatic carbocycles. The minimum absolute atomic E-state index is 0.136. The van der Waals surface area contributed by atoms with Crippen molar-refractivity contribution in [3.8, 4) is 5.75 Å². The highest BCUT2D eigenvalue weighted by atomic mass is 32.2. The number of nitrogens with zero attached hydrogens (tertiary/aromatic N) is 3. The average molecular weight is 520 g/mol. The summed E-state index contributed by atoms with van der Waals surface area (Å²) in [6.45, 7) is 7.02. The van der Waals surface area contributed by atoms with Crippen molar-refractivity contribution in [2.75, 3.05) is 37.7 Å². The van der Waals surface area contributed by atoms with Gasteiger partial charge in [0.2, 0.25) is 15.9 Å². The minimum atomic E-state index is -3.86. The summed E-state index contributed by atoms with van der Waals surface area (Å²) in [5.74, 6) is 0.701. The second-order valence-corrected chi connectivity index (χ2v) is 11.5. The molecule has 1 saturated heterocycles. The fraction of sp³-hybridized carbons (Fsp3) is 0.345. The van der Waals surface area contributed by atoms with E-state index in [1.807, 2.05) is 67.3 Å². The molecule has 0 aliphatic carbocycles. The molecule has 37 heavy (non-hydrogen) atoms. The van der Waals surface area contributed by atoms with E-state index in [2.05, 4.69) is 4.90 Å². The van der Waals surface area contributed by atoms with Crippen molar-refractivity contribution >= 4 is 21.6 Å². The Morgan fingerprint density at radius 1 is 0.892 bits per heavy atom. The lowest BCUT2D eigenvalue weighted by atomic mass is 9.95. The van der Waals surface area contributed by atoms with Gasteiger partial charge in [0.1, 0.15) is 11.8 Å². The van der Waals surface area contributed by atoms with Crippen LogP contribution in [-0.4, -0.2) is 62.4 Å². The number of piperazine rings is 1. The Labute approximate surface area is 219 Å². The van der Waals surface area contributed by atoms with Crippen molar-refractivity contribution in [1.82, 2.24) is 9.21 Å². The van der Waals surface area contributed by atoms with Crippen molar-refractivity contribution in [3.63, 3.8) is 0 Å². The number of hydrogen-bond acceptors (Lipinski definition) is 5. The highest BCUT2D eigenvalue weighted by molar-refractivity contribution is 7.89. The number of carbonyl (C=O) groups is 1. The van der Waals surface area contributed by atoms with Crippen molar-refractivity contribution < 1.29 is 17.9 Å². The van der Waals surface area contributed by atoms with Crippen LogP contribution in [0.1, 0.15) is 23.6 Å². The molecule has 2 aliphatic heterocycles. The molecule has 3 aromatic rings. The van der Waals surface area contributed by atoms with Gasteiger partial charge in [-0.1, -0.05) is 54.1 Å².